The molecule has 0 spiro atoms. The Morgan fingerprint density at radius 2 is 1.69 bits per heavy atom. The van der Waals surface area contributed by atoms with Crippen molar-refractivity contribution >= 4 is 11.7 Å². The standard InChI is InChI=1S/C21H18N6O2.2H2/c1-27(2)21(28)15-11-7-6-10-14(15)16-12-23-18(22)17(24-16)20-26-25-19(29-20)13-8-4-3-5-9-13;;/h3-12H,1-2H3,(H2,22,23);2*1H. The van der Waals surface area contributed by atoms with Crippen LogP contribution in [0.15, 0.2) is 65.2 Å². The lowest BCUT2D eigenvalue weighted by Crippen LogP contribution is -2.22. The van der Waals surface area contributed by atoms with E-state index < -0.39 is 0 Å². The Labute approximate surface area is 170 Å². The number of nitrogen functional groups attached to an aromatic ring is 1. The summed E-state index contributed by atoms with van der Waals surface area (Å²) in [5, 5.41) is 8.14. The van der Waals surface area contributed by atoms with Crippen LogP contribution in [0.25, 0.3) is 34.3 Å². The maximum absolute atomic E-state index is 12.5. The van der Waals surface area contributed by atoms with Gasteiger partial charge in [-0.3, -0.25) is 4.79 Å². The normalized spacial score (nSPS) is 10.7. The number of carbonyl (C=O) groups excluding carboxylic acids is 1. The van der Waals surface area contributed by atoms with E-state index >= 15 is 0 Å². The molecule has 4 rings (SSSR count). The van der Waals surface area contributed by atoms with Gasteiger partial charge in [0.05, 0.1) is 11.9 Å². The Morgan fingerprint density at radius 1 is 1.00 bits per heavy atom. The van der Waals surface area contributed by atoms with Crippen LogP contribution in [0.5, 0.6) is 0 Å². The Bertz CT molecular complexity index is 1180. The van der Waals surface area contributed by atoms with E-state index in [1.807, 2.05) is 42.5 Å². The van der Waals surface area contributed by atoms with E-state index in [0.29, 0.717) is 22.7 Å². The maximum atomic E-state index is 12.5. The number of rotatable bonds is 4. The quantitative estimate of drug-likeness (QED) is 0.566. The van der Waals surface area contributed by atoms with Crippen molar-refractivity contribution in [3.8, 4) is 34.3 Å². The first-order valence-electron chi connectivity index (χ1n) is 8.87. The second-order valence-corrected chi connectivity index (χ2v) is 6.51. The summed E-state index contributed by atoms with van der Waals surface area (Å²) in [6.45, 7) is 0. The Hall–Kier alpha value is -4.07. The molecule has 0 fully saturated rings. The number of benzene rings is 2. The second kappa shape index (κ2) is 7.51. The molecule has 2 aromatic carbocycles. The van der Waals surface area contributed by atoms with Crippen molar-refractivity contribution in [1.82, 2.24) is 25.1 Å². The third-order valence-electron chi connectivity index (χ3n) is 4.29. The summed E-state index contributed by atoms with van der Waals surface area (Å²) < 4.78 is 5.76. The molecule has 8 nitrogen and oxygen atoms in total. The number of aromatic nitrogens is 4. The van der Waals surface area contributed by atoms with E-state index in [9.17, 15) is 4.79 Å². The first-order chi connectivity index (χ1) is 14.0. The minimum absolute atomic E-state index is 0. The van der Waals surface area contributed by atoms with Crippen LogP contribution in [0.3, 0.4) is 0 Å². The lowest BCUT2D eigenvalue weighted by molar-refractivity contribution is 0.0828. The molecule has 4 aromatic rings. The third-order valence-corrected chi connectivity index (χ3v) is 4.29. The highest BCUT2D eigenvalue weighted by molar-refractivity contribution is 6.00. The van der Waals surface area contributed by atoms with Crippen LogP contribution in [-0.2, 0) is 0 Å². The molecule has 0 aliphatic carbocycles. The molecule has 0 aliphatic heterocycles. The SMILES string of the molecule is CN(C)C(=O)c1ccccc1-c1cnc(N)c(-c2nnc(-c3ccccc3)o2)n1.[HH].[HH]. The molecule has 0 bridgehead atoms. The van der Waals surface area contributed by atoms with Crippen molar-refractivity contribution in [2.24, 2.45) is 0 Å². The third kappa shape index (κ3) is 3.55. The number of carbonyl (C=O) groups is 1. The smallest absolute Gasteiger partial charge is 0.270 e. The molecule has 0 aliphatic rings. The molecule has 2 N–H and O–H groups in total. The number of anilines is 1. The summed E-state index contributed by atoms with van der Waals surface area (Å²) in [5.74, 6) is 0.542. The highest BCUT2D eigenvalue weighted by Gasteiger charge is 2.19. The van der Waals surface area contributed by atoms with Gasteiger partial charge in [-0.2, -0.15) is 0 Å². The van der Waals surface area contributed by atoms with Gasteiger partial charge in [0.15, 0.2) is 11.5 Å². The highest BCUT2D eigenvalue weighted by atomic mass is 16.4. The Balaban J connectivity index is 0.00000171. The first kappa shape index (κ1) is 18.3. The summed E-state index contributed by atoms with van der Waals surface area (Å²) in [7, 11) is 3.39. The maximum Gasteiger partial charge on any atom is 0.270 e. The molecule has 148 valence electrons. The van der Waals surface area contributed by atoms with Gasteiger partial charge >= 0.3 is 0 Å². The van der Waals surface area contributed by atoms with Crippen LogP contribution in [0, 0.1) is 0 Å². The molecular formula is C21H22N6O2. The molecule has 8 heteroatoms. The lowest BCUT2D eigenvalue weighted by atomic mass is 10.0. The largest absolute Gasteiger partial charge is 0.414 e. The van der Waals surface area contributed by atoms with Gasteiger partial charge in [-0.25, -0.2) is 9.97 Å². The van der Waals surface area contributed by atoms with E-state index in [0.717, 1.165) is 5.56 Å². The monoisotopic (exact) mass is 390 g/mol. The summed E-state index contributed by atoms with van der Waals surface area (Å²) in [5.41, 5.74) is 8.71. The lowest BCUT2D eigenvalue weighted by Gasteiger charge is -2.14. The number of nitrogens with two attached hydrogens (primary N) is 1. The summed E-state index contributed by atoms with van der Waals surface area (Å²) in [6.07, 6.45) is 1.52. The van der Waals surface area contributed by atoms with Crippen molar-refractivity contribution in [1.29, 1.82) is 0 Å². The molecule has 2 heterocycles. The molecule has 0 unspecified atom stereocenters. The Morgan fingerprint density at radius 3 is 2.45 bits per heavy atom. The van der Waals surface area contributed by atoms with Gasteiger partial charge in [-0.1, -0.05) is 36.4 Å². The zero-order valence-electron chi connectivity index (χ0n) is 15.9. The second-order valence-electron chi connectivity index (χ2n) is 6.51. The predicted octanol–water partition coefficient (Wildman–Crippen LogP) is 3.64. The summed E-state index contributed by atoms with van der Waals surface area (Å²) in [4.78, 5) is 22.8. The fraction of sp³-hybridized carbons (Fsp3) is 0.0952. The van der Waals surface area contributed by atoms with Gasteiger partial charge in [0, 0.05) is 33.6 Å². The number of hydrogen-bond donors (Lipinski definition) is 1. The van der Waals surface area contributed by atoms with Gasteiger partial charge in [0.25, 0.3) is 11.8 Å². The topological polar surface area (TPSA) is 111 Å². The molecule has 0 atom stereocenters. The molecule has 0 saturated carbocycles. The van der Waals surface area contributed by atoms with E-state index in [-0.39, 0.29) is 26.2 Å². The number of nitrogens with zero attached hydrogens (tertiary/aromatic N) is 5. The average molecular weight is 390 g/mol. The fourth-order valence-corrected chi connectivity index (χ4v) is 2.84. The zero-order chi connectivity index (χ0) is 20.4. The van der Waals surface area contributed by atoms with Crippen LogP contribution >= 0.6 is 0 Å². The van der Waals surface area contributed by atoms with E-state index in [1.54, 1.807) is 26.2 Å². The molecule has 29 heavy (non-hydrogen) atoms. The molecule has 1 amide bonds. The number of hydrogen-bond acceptors (Lipinski definition) is 7. The van der Waals surface area contributed by atoms with Gasteiger partial charge in [-0.15, -0.1) is 10.2 Å². The Kier molecular flexibility index (Phi) is 4.74. The minimum atomic E-state index is -0.134. The predicted molar refractivity (Wildman–Crippen MR) is 113 cm³/mol. The van der Waals surface area contributed by atoms with E-state index in [1.165, 1.54) is 11.1 Å². The van der Waals surface area contributed by atoms with Crippen LogP contribution in [-0.4, -0.2) is 45.1 Å². The van der Waals surface area contributed by atoms with Crippen LogP contribution < -0.4 is 5.73 Å². The van der Waals surface area contributed by atoms with Crippen molar-refractivity contribution in [2.45, 2.75) is 0 Å². The van der Waals surface area contributed by atoms with E-state index in [2.05, 4.69) is 20.2 Å². The zero-order valence-corrected chi connectivity index (χ0v) is 15.9. The van der Waals surface area contributed by atoms with Crippen molar-refractivity contribution in [2.75, 3.05) is 19.8 Å². The van der Waals surface area contributed by atoms with Crippen LogP contribution in [0.1, 0.15) is 13.2 Å². The van der Waals surface area contributed by atoms with Crippen molar-refractivity contribution < 1.29 is 12.1 Å². The van der Waals surface area contributed by atoms with Gasteiger partial charge < -0.3 is 15.1 Å². The summed E-state index contributed by atoms with van der Waals surface area (Å²) in [6, 6.07) is 16.6. The van der Waals surface area contributed by atoms with Gasteiger partial charge in [-0.05, 0) is 18.2 Å². The molecule has 0 saturated heterocycles. The highest BCUT2D eigenvalue weighted by Crippen LogP contribution is 2.29. The minimum Gasteiger partial charge on any atom is -0.414 e. The molecule has 0 radical (unpaired) electrons. The summed E-state index contributed by atoms with van der Waals surface area (Å²) >= 11 is 0. The average Bonchev–Trinajstić information content (AvgIpc) is 3.24. The van der Waals surface area contributed by atoms with E-state index in [4.69, 9.17) is 10.2 Å². The van der Waals surface area contributed by atoms with Gasteiger partial charge in [0.2, 0.25) is 5.89 Å². The van der Waals surface area contributed by atoms with Crippen molar-refractivity contribution in [3.63, 3.8) is 0 Å². The molecular weight excluding hydrogens is 368 g/mol. The fourth-order valence-electron chi connectivity index (χ4n) is 2.84. The van der Waals surface area contributed by atoms with Crippen LogP contribution in [0.2, 0.25) is 0 Å². The first-order valence-corrected chi connectivity index (χ1v) is 8.87. The number of amides is 1. The van der Waals surface area contributed by atoms with Crippen molar-refractivity contribution in [3.05, 3.63) is 66.4 Å². The molecule has 2 aromatic heterocycles. The van der Waals surface area contributed by atoms with Crippen LogP contribution in [0.4, 0.5) is 5.82 Å². The van der Waals surface area contributed by atoms with Gasteiger partial charge in [0.1, 0.15) is 0 Å².